The molecule has 0 bridgehead atoms. The van der Waals surface area contributed by atoms with Crippen molar-refractivity contribution in [2.45, 2.75) is 12.8 Å². The average Bonchev–Trinajstić information content (AvgIpc) is 2.75. The molecule has 0 saturated carbocycles. The summed E-state index contributed by atoms with van der Waals surface area (Å²) in [5.74, 6) is 0.490. The van der Waals surface area contributed by atoms with Gasteiger partial charge in [0.05, 0.1) is 6.42 Å². The number of rotatable bonds is 5. The van der Waals surface area contributed by atoms with Crippen LogP contribution in [-0.2, 0) is 24.7 Å². The van der Waals surface area contributed by atoms with E-state index >= 15 is 0 Å². The molecular formula is C14H16FN3O. The molecular weight excluding hydrogens is 245 g/mol. The molecule has 2 aromatic rings. The van der Waals surface area contributed by atoms with Gasteiger partial charge in [-0.3, -0.25) is 4.79 Å². The van der Waals surface area contributed by atoms with E-state index in [4.69, 9.17) is 0 Å². The highest BCUT2D eigenvalue weighted by molar-refractivity contribution is 5.78. The van der Waals surface area contributed by atoms with Crippen LogP contribution in [0, 0.1) is 5.82 Å². The van der Waals surface area contributed by atoms with Gasteiger partial charge >= 0.3 is 0 Å². The molecule has 0 aliphatic carbocycles. The van der Waals surface area contributed by atoms with E-state index < -0.39 is 0 Å². The summed E-state index contributed by atoms with van der Waals surface area (Å²) >= 11 is 0. The highest BCUT2D eigenvalue weighted by Crippen LogP contribution is 2.04. The number of nitrogens with one attached hydrogen (secondary N) is 1. The largest absolute Gasteiger partial charge is 0.355 e. The highest BCUT2D eigenvalue weighted by Gasteiger charge is 2.05. The summed E-state index contributed by atoms with van der Waals surface area (Å²) in [4.78, 5) is 15.8. The number of imidazole rings is 1. The Kier molecular flexibility index (Phi) is 4.28. The fourth-order valence-corrected chi connectivity index (χ4v) is 1.85. The molecule has 1 heterocycles. The Morgan fingerprint density at radius 3 is 3.00 bits per heavy atom. The van der Waals surface area contributed by atoms with Crippen LogP contribution in [0.3, 0.4) is 0 Å². The lowest BCUT2D eigenvalue weighted by Gasteiger charge is -2.05. The van der Waals surface area contributed by atoms with Gasteiger partial charge in [0.15, 0.2) is 0 Å². The van der Waals surface area contributed by atoms with E-state index in [-0.39, 0.29) is 18.1 Å². The van der Waals surface area contributed by atoms with E-state index in [0.717, 1.165) is 5.82 Å². The van der Waals surface area contributed by atoms with E-state index in [9.17, 15) is 9.18 Å². The number of hydrogen-bond acceptors (Lipinski definition) is 2. The molecule has 0 atom stereocenters. The number of amides is 1. The van der Waals surface area contributed by atoms with Crippen LogP contribution >= 0.6 is 0 Å². The molecule has 1 N–H and O–H groups in total. The molecule has 19 heavy (non-hydrogen) atoms. The Bertz CT molecular complexity index is 565. The van der Waals surface area contributed by atoms with Crippen molar-refractivity contribution in [3.8, 4) is 0 Å². The van der Waals surface area contributed by atoms with Crippen LogP contribution in [0.15, 0.2) is 36.7 Å². The third-order valence-corrected chi connectivity index (χ3v) is 2.85. The van der Waals surface area contributed by atoms with Crippen molar-refractivity contribution in [3.63, 3.8) is 0 Å². The molecule has 0 unspecified atom stereocenters. The van der Waals surface area contributed by atoms with Crippen molar-refractivity contribution in [3.05, 3.63) is 53.9 Å². The molecule has 0 spiro atoms. The Morgan fingerprint density at radius 1 is 1.47 bits per heavy atom. The first-order valence-corrected chi connectivity index (χ1v) is 6.12. The fourth-order valence-electron chi connectivity index (χ4n) is 1.85. The maximum atomic E-state index is 13.0. The number of aromatic nitrogens is 2. The van der Waals surface area contributed by atoms with Crippen molar-refractivity contribution < 1.29 is 9.18 Å². The summed E-state index contributed by atoms with van der Waals surface area (Å²) in [5.41, 5.74) is 0.675. The zero-order valence-electron chi connectivity index (χ0n) is 10.8. The first-order valence-electron chi connectivity index (χ1n) is 6.12. The van der Waals surface area contributed by atoms with E-state index in [2.05, 4.69) is 10.3 Å². The second-order valence-corrected chi connectivity index (χ2v) is 4.36. The molecule has 0 fully saturated rings. The van der Waals surface area contributed by atoms with Crippen LogP contribution in [0.5, 0.6) is 0 Å². The molecule has 5 heteroatoms. The molecule has 0 radical (unpaired) electrons. The molecule has 1 aromatic heterocycles. The van der Waals surface area contributed by atoms with Crippen LogP contribution in [0.4, 0.5) is 4.39 Å². The van der Waals surface area contributed by atoms with E-state index in [0.29, 0.717) is 18.5 Å². The topological polar surface area (TPSA) is 46.9 Å². The van der Waals surface area contributed by atoms with Gasteiger partial charge in [0.2, 0.25) is 5.91 Å². The first-order chi connectivity index (χ1) is 9.15. The molecule has 1 amide bonds. The summed E-state index contributed by atoms with van der Waals surface area (Å²) < 4.78 is 14.9. The number of carbonyl (C=O) groups is 1. The van der Waals surface area contributed by atoms with Gasteiger partial charge in [0, 0.05) is 32.4 Å². The molecule has 4 nitrogen and oxygen atoms in total. The second kappa shape index (κ2) is 6.13. The van der Waals surface area contributed by atoms with Crippen molar-refractivity contribution >= 4 is 5.91 Å². The highest BCUT2D eigenvalue weighted by atomic mass is 19.1. The second-order valence-electron chi connectivity index (χ2n) is 4.36. The predicted octanol–water partition coefficient (Wildman–Crippen LogP) is 1.46. The van der Waals surface area contributed by atoms with Gasteiger partial charge in [-0.05, 0) is 17.7 Å². The fraction of sp³-hybridized carbons (Fsp3) is 0.286. The lowest BCUT2D eigenvalue weighted by atomic mass is 10.1. The number of benzene rings is 1. The number of hydrogen-bond donors (Lipinski definition) is 1. The normalized spacial score (nSPS) is 10.4. The van der Waals surface area contributed by atoms with E-state index in [1.165, 1.54) is 12.1 Å². The quantitative estimate of drug-likeness (QED) is 0.885. The smallest absolute Gasteiger partial charge is 0.224 e. The third-order valence-electron chi connectivity index (χ3n) is 2.85. The summed E-state index contributed by atoms with van der Waals surface area (Å²) in [6.07, 6.45) is 4.46. The number of carbonyl (C=O) groups excluding carboxylic acids is 1. The summed E-state index contributed by atoms with van der Waals surface area (Å²) in [5, 5.41) is 2.80. The van der Waals surface area contributed by atoms with Gasteiger partial charge in [-0.1, -0.05) is 12.1 Å². The Hall–Kier alpha value is -2.17. The average molecular weight is 261 g/mol. The monoisotopic (exact) mass is 261 g/mol. The number of aryl methyl sites for hydroxylation is 1. The minimum atomic E-state index is -0.321. The van der Waals surface area contributed by atoms with Crippen molar-refractivity contribution in [1.29, 1.82) is 0 Å². The molecule has 0 aliphatic heterocycles. The standard InChI is InChI=1S/C14H16FN3O/c1-18-8-7-16-13(18)5-6-17-14(19)10-11-3-2-4-12(15)9-11/h2-4,7-9H,5-6,10H2,1H3,(H,17,19). The van der Waals surface area contributed by atoms with Crippen molar-refractivity contribution in [2.75, 3.05) is 6.54 Å². The van der Waals surface area contributed by atoms with Crippen LogP contribution in [0.2, 0.25) is 0 Å². The summed E-state index contributed by atoms with van der Waals surface area (Å²) in [7, 11) is 1.91. The van der Waals surface area contributed by atoms with Gasteiger partial charge < -0.3 is 9.88 Å². The van der Waals surface area contributed by atoms with Crippen LogP contribution < -0.4 is 5.32 Å². The molecule has 0 aliphatic rings. The van der Waals surface area contributed by atoms with Gasteiger partial charge in [-0.2, -0.15) is 0 Å². The predicted molar refractivity (Wildman–Crippen MR) is 70.0 cm³/mol. The van der Waals surface area contributed by atoms with Gasteiger partial charge in [0.1, 0.15) is 11.6 Å². The minimum Gasteiger partial charge on any atom is -0.355 e. The Morgan fingerprint density at radius 2 is 2.32 bits per heavy atom. The number of halogens is 1. The first kappa shape index (κ1) is 13.3. The summed E-state index contributed by atoms with van der Waals surface area (Å²) in [6, 6.07) is 6.08. The zero-order chi connectivity index (χ0) is 13.7. The third kappa shape index (κ3) is 3.91. The van der Waals surface area contributed by atoms with Gasteiger partial charge in [0.25, 0.3) is 0 Å². The number of nitrogens with zero attached hydrogens (tertiary/aromatic N) is 2. The van der Waals surface area contributed by atoms with Crippen LogP contribution in [0.1, 0.15) is 11.4 Å². The molecule has 100 valence electrons. The van der Waals surface area contributed by atoms with E-state index in [1.54, 1.807) is 18.3 Å². The van der Waals surface area contributed by atoms with Crippen molar-refractivity contribution in [1.82, 2.24) is 14.9 Å². The Labute approximate surface area is 111 Å². The Balaban J connectivity index is 1.77. The summed E-state index contributed by atoms with van der Waals surface area (Å²) in [6.45, 7) is 0.527. The molecule has 1 aromatic carbocycles. The van der Waals surface area contributed by atoms with Gasteiger partial charge in [-0.15, -0.1) is 0 Å². The maximum Gasteiger partial charge on any atom is 0.224 e. The van der Waals surface area contributed by atoms with Crippen LogP contribution in [-0.4, -0.2) is 22.0 Å². The lowest BCUT2D eigenvalue weighted by molar-refractivity contribution is -0.120. The minimum absolute atomic E-state index is 0.111. The van der Waals surface area contributed by atoms with E-state index in [1.807, 2.05) is 17.8 Å². The maximum absolute atomic E-state index is 13.0. The van der Waals surface area contributed by atoms with Crippen LogP contribution in [0.25, 0.3) is 0 Å². The van der Waals surface area contributed by atoms with Crippen molar-refractivity contribution in [2.24, 2.45) is 7.05 Å². The van der Waals surface area contributed by atoms with Gasteiger partial charge in [-0.25, -0.2) is 9.37 Å². The lowest BCUT2D eigenvalue weighted by Crippen LogP contribution is -2.27. The SMILES string of the molecule is Cn1ccnc1CCNC(=O)Cc1cccc(F)c1. The zero-order valence-corrected chi connectivity index (χ0v) is 10.8. The molecule has 2 rings (SSSR count). The molecule has 0 saturated heterocycles.